The molecular weight excluding hydrogens is 132 g/mol. The number of aryl methyl sites for hydroxylation is 3. The van der Waals surface area contributed by atoms with Gasteiger partial charge in [0.15, 0.2) is 0 Å². The van der Waals surface area contributed by atoms with Gasteiger partial charge in [0, 0.05) is 5.56 Å². The molecule has 0 bridgehead atoms. The second-order valence-electron chi connectivity index (χ2n) is 2.90. The van der Waals surface area contributed by atoms with Crippen LogP contribution in [0.1, 0.15) is 22.3 Å². The third kappa shape index (κ3) is 1.43. The van der Waals surface area contributed by atoms with Crippen LogP contribution >= 0.6 is 0 Å². The lowest BCUT2D eigenvalue weighted by Crippen LogP contribution is -1.88. The maximum atomic E-state index is 7.05. The van der Waals surface area contributed by atoms with Gasteiger partial charge in [-0.2, -0.15) is 0 Å². The minimum absolute atomic E-state index is 0.926. The summed E-state index contributed by atoms with van der Waals surface area (Å²) in [5.74, 6) is 2.44. The van der Waals surface area contributed by atoms with Crippen molar-refractivity contribution in [1.82, 2.24) is 0 Å². The van der Waals surface area contributed by atoms with E-state index in [1.54, 1.807) is 0 Å². The molecule has 0 heterocycles. The Balaban J connectivity index is 3.40. The van der Waals surface area contributed by atoms with Crippen LogP contribution in [0, 0.1) is 33.1 Å². The Hall–Kier alpha value is -1.22. The molecule has 0 saturated heterocycles. The molecule has 0 fully saturated rings. The van der Waals surface area contributed by atoms with Gasteiger partial charge in [0.25, 0.3) is 0 Å². The van der Waals surface area contributed by atoms with Gasteiger partial charge in [0.2, 0.25) is 0 Å². The maximum Gasteiger partial charge on any atom is 0.0314 e. The first kappa shape index (κ1) is 7.88. The first-order chi connectivity index (χ1) is 5.15. The standard InChI is InChI=1S/C11H11/c1-5-11-9(3)6-8(2)7-10(11)4/h6-7H,2-4H3. The number of benzene rings is 1. The van der Waals surface area contributed by atoms with E-state index in [1.807, 2.05) is 13.8 Å². The van der Waals surface area contributed by atoms with Gasteiger partial charge in [-0.05, 0) is 38.3 Å². The van der Waals surface area contributed by atoms with Crippen molar-refractivity contribution in [2.75, 3.05) is 0 Å². The molecule has 1 aromatic carbocycles. The maximum absolute atomic E-state index is 7.05. The van der Waals surface area contributed by atoms with Gasteiger partial charge in [-0.3, -0.25) is 0 Å². The Kier molecular flexibility index (Phi) is 2.01. The van der Waals surface area contributed by atoms with Crippen molar-refractivity contribution >= 4 is 0 Å². The molecule has 0 unspecified atom stereocenters. The van der Waals surface area contributed by atoms with Crippen molar-refractivity contribution in [3.8, 4) is 5.92 Å². The third-order valence-corrected chi connectivity index (χ3v) is 1.80. The lowest BCUT2D eigenvalue weighted by atomic mass is 10.0. The molecule has 55 valence electrons. The van der Waals surface area contributed by atoms with E-state index >= 15 is 0 Å². The zero-order valence-electron chi connectivity index (χ0n) is 7.15. The van der Waals surface area contributed by atoms with Crippen LogP contribution in [0.5, 0.6) is 0 Å². The van der Waals surface area contributed by atoms with Gasteiger partial charge >= 0.3 is 0 Å². The van der Waals surface area contributed by atoms with Gasteiger partial charge in [0.1, 0.15) is 0 Å². The molecule has 1 radical (unpaired) electrons. The topological polar surface area (TPSA) is 0 Å². The molecule has 0 saturated carbocycles. The highest BCUT2D eigenvalue weighted by atomic mass is 14.0. The SMILES string of the molecule is [C]#Cc1c(C)cc(C)cc1C. The summed E-state index contributed by atoms with van der Waals surface area (Å²) in [6.07, 6.45) is 7.05. The van der Waals surface area contributed by atoms with E-state index in [0.29, 0.717) is 0 Å². The lowest BCUT2D eigenvalue weighted by molar-refractivity contribution is 1.30. The van der Waals surface area contributed by atoms with Crippen molar-refractivity contribution in [1.29, 1.82) is 0 Å². The normalized spacial score (nSPS) is 9.27. The lowest BCUT2D eigenvalue weighted by Gasteiger charge is -2.03. The second kappa shape index (κ2) is 2.80. The van der Waals surface area contributed by atoms with E-state index in [0.717, 1.165) is 16.7 Å². The van der Waals surface area contributed by atoms with Crippen LogP contribution < -0.4 is 0 Å². The fourth-order valence-corrected chi connectivity index (χ4v) is 1.38. The Labute approximate surface area is 68.3 Å². The summed E-state index contributed by atoms with van der Waals surface area (Å²) >= 11 is 0. The van der Waals surface area contributed by atoms with Crippen LogP contribution in [0.15, 0.2) is 12.1 Å². The Bertz CT molecular complexity index is 290. The summed E-state index contributed by atoms with van der Waals surface area (Å²) in [6, 6.07) is 4.15. The summed E-state index contributed by atoms with van der Waals surface area (Å²) in [4.78, 5) is 0. The van der Waals surface area contributed by atoms with E-state index in [1.165, 1.54) is 5.56 Å². The van der Waals surface area contributed by atoms with E-state index in [2.05, 4.69) is 25.0 Å². The van der Waals surface area contributed by atoms with Gasteiger partial charge in [0.05, 0.1) is 0 Å². The molecule has 1 aromatic rings. The Morgan fingerprint density at radius 2 is 1.55 bits per heavy atom. The van der Waals surface area contributed by atoms with Gasteiger partial charge < -0.3 is 0 Å². The zero-order chi connectivity index (χ0) is 8.43. The molecular formula is C11H11. The Morgan fingerprint density at radius 3 is 1.91 bits per heavy atom. The van der Waals surface area contributed by atoms with Gasteiger partial charge in [-0.15, -0.1) is 0 Å². The molecule has 0 aliphatic rings. The molecule has 0 aromatic heterocycles. The Morgan fingerprint density at radius 1 is 1.09 bits per heavy atom. The van der Waals surface area contributed by atoms with Gasteiger partial charge in [-0.25, -0.2) is 0 Å². The number of hydrogen-bond donors (Lipinski definition) is 0. The summed E-state index contributed by atoms with van der Waals surface area (Å²) in [7, 11) is 0. The molecule has 0 amide bonds. The minimum atomic E-state index is 0.926. The molecule has 0 heteroatoms. The predicted molar refractivity (Wildman–Crippen MR) is 46.9 cm³/mol. The zero-order valence-corrected chi connectivity index (χ0v) is 7.15. The van der Waals surface area contributed by atoms with Gasteiger partial charge in [-0.1, -0.05) is 23.6 Å². The average molecular weight is 143 g/mol. The minimum Gasteiger partial charge on any atom is -0.0551 e. The van der Waals surface area contributed by atoms with Crippen LogP contribution in [0.4, 0.5) is 0 Å². The first-order valence-electron chi connectivity index (χ1n) is 3.65. The molecule has 0 nitrogen and oxygen atoms in total. The van der Waals surface area contributed by atoms with E-state index < -0.39 is 0 Å². The largest absolute Gasteiger partial charge is 0.0551 e. The predicted octanol–water partition coefficient (Wildman–Crippen LogP) is 2.55. The molecule has 11 heavy (non-hydrogen) atoms. The molecule has 0 spiro atoms. The van der Waals surface area contributed by atoms with Crippen molar-refractivity contribution in [3.05, 3.63) is 40.8 Å². The number of rotatable bonds is 0. The fraction of sp³-hybridized carbons (Fsp3) is 0.273. The van der Waals surface area contributed by atoms with E-state index in [-0.39, 0.29) is 0 Å². The molecule has 0 atom stereocenters. The fourth-order valence-electron chi connectivity index (χ4n) is 1.38. The van der Waals surface area contributed by atoms with Crippen LogP contribution in [0.25, 0.3) is 0 Å². The van der Waals surface area contributed by atoms with Crippen molar-refractivity contribution < 1.29 is 0 Å². The van der Waals surface area contributed by atoms with E-state index in [9.17, 15) is 0 Å². The summed E-state index contributed by atoms with van der Waals surface area (Å²) < 4.78 is 0. The number of hydrogen-bond acceptors (Lipinski definition) is 0. The van der Waals surface area contributed by atoms with Crippen molar-refractivity contribution in [2.24, 2.45) is 0 Å². The van der Waals surface area contributed by atoms with Crippen LogP contribution in [0.2, 0.25) is 0 Å². The van der Waals surface area contributed by atoms with Crippen LogP contribution in [-0.2, 0) is 0 Å². The highest BCUT2D eigenvalue weighted by molar-refractivity contribution is 5.46. The highest BCUT2D eigenvalue weighted by Crippen LogP contribution is 2.14. The van der Waals surface area contributed by atoms with Crippen molar-refractivity contribution in [2.45, 2.75) is 20.8 Å². The monoisotopic (exact) mass is 143 g/mol. The van der Waals surface area contributed by atoms with Crippen LogP contribution in [0.3, 0.4) is 0 Å². The first-order valence-corrected chi connectivity index (χ1v) is 3.65. The summed E-state index contributed by atoms with van der Waals surface area (Å²) in [5.41, 5.74) is 4.45. The molecule has 0 aliphatic carbocycles. The summed E-state index contributed by atoms with van der Waals surface area (Å²) in [5, 5.41) is 0. The van der Waals surface area contributed by atoms with Crippen molar-refractivity contribution in [3.63, 3.8) is 0 Å². The second-order valence-corrected chi connectivity index (χ2v) is 2.90. The van der Waals surface area contributed by atoms with E-state index in [4.69, 9.17) is 6.42 Å². The quantitative estimate of drug-likeness (QED) is 0.489. The molecule has 0 N–H and O–H groups in total. The molecule has 0 aliphatic heterocycles. The third-order valence-electron chi connectivity index (χ3n) is 1.80. The highest BCUT2D eigenvalue weighted by Gasteiger charge is 1.98. The summed E-state index contributed by atoms with van der Waals surface area (Å²) in [6.45, 7) is 6.08. The average Bonchev–Trinajstić information content (AvgIpc) is 1.85. The smallest absolute Gasteiger partial charge is 0.0314 e. The van der Waals surface area contributed by atoms with Crippen LogP contribution in [-0.4, -0.2) is 0 Å². The molecule has 1 rings (SSSR count).